The summed E-state index contributed by atoms with van der Waals surface area (Å²) in [6, 6.07) is 9.63. The van der Waals surface area contributed by atoms with E-state index in [4.69, 9.17) is 9.47 Å². The zero-order valence-electron chi connectivity index (χ0n) is 14.6. The van der Waals surface area contributed by atoms with Gasteiger partial charge in [-0.05, 0) is 26.0 Å². The van der Waals surface area contributed by atoms with Crippen LogP contribution in [0.25, 0.3) is 0 Å². The van der Waals surface area contributed by atoms with E-state index in [1.54, 1.807) is 0 Å². The van der Waals surface area contributed by atoms with Crippen molar-refractivity contribution in [1.82, 2.24) is 20.1 Å². The predicted octanol–water partition coefficient (Wildman–Crippen LogP) is 1.82. The van der Waals surface area contributed by atoms with Gasteiger partial charge < -0.3 is 14.4 Å². The molecule has 1 saturated heterocycles. The summed E-state index contributed by atoms with van der Waals surface area (Å²) in [6.45, 7) is 5.52. The maximum absolute atomic E-state index is 12.6. The minimum Gasteiger partial charge on any atom is -0.491 e. The van der Waals surface area contributed by atoms with Crippen molar-refractivity contribution in [2.75, 3.05) is 19.7 Å². The molecule has 2 heterocycles. The van der Waals surface area contributed by atoms with Gasteiger partial charge in [0.05, 0.1) is 12.1 Å². The molecular weight excluding hydrogens is 320 g/mol. The number of aromatic amines is 1. The fraction of sp³-hybridized carbons (Fsp3) is 0.500. The van der Waals surface area contributed by atoms with Gasteiger partial charge in [-0.15, -0.1) is 0 Å². The molecule has 0 aliphatic carbocycles. The van der Waals surface area contributed by atoms with Crippen LogP contribution in [0.5, 0.6) is 5.75 Å². The molecular formula is C18H24N4O3. The second kappa shape index (κ2) is 7.65. The Morgan fingerprint density at radius 1 is 1.40 bits per heavy atom. The van der Waals surface area contributed by atoms with Crippen molar-refractivity contribution in [3.05, 3.63) is 42.5 Å². The van der Waals surface area contributed by atoms with Gasteiger partial charge in [-0.3, -0.25) is 9.89 Å². The van der Waals surface area contributed by atoms with Gasteiger partial charge in [-0.2, -0.15) is 5.10 Å². The third-order valence-corrected chi connectivity index (χ3v) is 4.05. The van der Waals surface area contributed by atoms with Gasteiger partial charge in [0.2, 0.25) is 5.91 Å². The van der Waals surface area contributed by atoms with Gasteiger partial charge in [0.25, 0.3) is 0 Å². The monoisotopic (exact) mass is 344 g/mol. The number of carbonyl (C=O) groups excluding carboxylic acids is 1. The topological polar surface area (TPSA) is 80.3 Å². The van der Waals surface area contributed by atoms with Crippen LogP contribution in [0, 0.1) is 0 Å². The first-order chi connectivity index (χ1) is 12.0. The molecule has 1 aromatic heterocycles. The normalized spacial score (nSPS) is 19.6. The van der Waals surface area contributed by atoms with Crippen LogP contribution < -0.4 is 4.74 Å². The number of hydrogen-bond donors (Lipinski definition) is 1. The van der Waals surface area contributed by atoms with Crippen molar-refractivity contribution in [2.24, 2.45) is 0 Å². The number of benzene rings is 1. The molecule has 3 rings (SSSR count). The second-order valence-electron chi connectivity index (χ2n) is 6.83. The lowest BCUT2D eigenvalue weighted by atomic mass is 10.0. The zero-order valence-corrected chi connectivity index (χ0v) is 14.6. The number of para-hydroxylation sites is 1. The highest BCUT2D eigenvalue weighted by atomic mass is 16.5. The van der Waals surface area contributed by atoms with Gasteiger partial charge in [-0.1, -0.05) is 18.2 Å². The largest absolute Gasteiger partial charge is 0.491 e. The van der Waals surface area contributed by atoms with Crippen LogP contribution in [-0.2, 0) is 16.0 Å². The number of nitrogens with zero attached hydrogens (tertiary/aromatic N) is 3. The van der Waals surface area contributed by atoms with Gasteiger partial charge in [0.15, 0.2) is 0 Å². The standard InChI is InChI=1S/C18H24N4O3/c1-18(2)12-22(17(23)9-8-16-19-13-20-21-16)10-15(25-18)11-24-14-6-4-3-5-7-14/h3-7,13,15H,8-12H2,1-2H3,(H,19,20,21)/t15-/m1/s1. The molecule has 1 aliphatic rings. The van der Waals surface area contributed by atoms with E-state index in [0.29, 0.717) is 32.5 Å². The highest BCUT2D eigenvalue weighted by molar-refractivity contribution is 5.76. The molecule has 7 nitrogen and oxygen atoms in total. The molecule has 1 amide bonds. The van der Waals surface area contributed by atoms with Crippen LogP contribution in [-0.4, -0.2) is 57.4 Å². The molecule has 1 N–H and O–H groups in total. The van der Waals surface area contributed by atoms with E-state index in [1.807, 2.05) is 49.1 Å². The van der Waals surface area contributed by atoms with Crippen molar-refractivity contribution in [3.8, 4) is 5.75 Å². The van der Waals surface area contributed by atoms with Crippen LogP contribution in [0.15, 0.2) is 36.7 Å². The lowest BCUT2D eigenvalue weighted by molar-refractivity contribution is -0.165. The summed E-state index contributed by atoms with van der Waals surface area (Å²) in [4.78, 5) is 18.5. The van der Waals surface area contributed by atoms with Crippen molar-refractivity contribution in [1.29, 1.82) is 0 Å². The first-order valence-electron chi connectivity index (χ1n) is 8.49. The third-order valence-electron chi connectivity index (χ3n) is 4.05. The molecule has 0 unspecified atom stereocenters. The van der Waals surface area contributed by atoms with E-state index >= 15 is 0 Å². The van der Waals surface area contributed by atoms with Crippen LogP contribution in [0.3, 0.4) is 0 Å². The average molecular weight is 344 g/mol. The summed E-state index contributed by atoms with van der Waals surface area (Å²) in [5.41, 5.74) is -0.398. The summed E-state index contributed by atoms with van der Waals surface area (Å²) >= 11 is 0. The molecule has 0 bridgehead atoms. The van der Waals surface area contributed by atoms with Crippen LogP contribution in [0.2, 0.25) is 0 Å². The Kier molecular flexibility index (Phi) is 5.33. The lowest BCUT2D eigenvalue weighted by Gasteiger charge is -2.42. The minimum atomic E-state index is -0.398. The van der Waals surface area contributed by atoms with Crippen LogP contribution in [0.4, 0.5) is 0 Å². The van der Waals surface area contributed by atoms with Crippen molar-refractivity contribution < 1.29 is 14.3 Å². The predicted molar refractivity (Wildman–Crippen MR) is 92.2 cm³/mol. The number of nitrogens with one attached hydrogen (secondary N) is 1. The molecule has 1 fully saturated rings. The fourth-order valence-corrected chi connectivity index (χ4v) is 3.01. The Balaban J connectivity index is 1.55. The summed E-state index contributed by atoms with van der Waals surface area (Å²) in [6.07, 6.45) is 2.26. The number of carbonyl (C=O) groups is 1. The van der Waals surface area contributed by atoms with Crippen LogP contribution in [0.1, 0.15) is 26.1 Å². The average Bonchev–Trinajstić information content (AvgIpc) is 3.11. The lowest BCUT2D eigenvalue weighted by Crippen LogP contribution is -2.56. The first-order valence-corrected chi connectivity index (χ1v) is 8.49. The number of aromatic nitrogens is 3. The molecule has 134 valence electrons. The quantitative estimate of drug-likeness (QED) is 0.865. The Hall–Kier alpha value is -2.41. The van der Waals surface area contributed by atoms with Gasteiger partial charge >= 0.3 is 0 Å². The van der Waals surface area contributed by atoms with Gasteiger partial charge in [-0.25, -0.2) is 4.98 Å². The molecule has 0 spiro atoms. The SMILES string of the molecule is CC1(C)CN(C(=O)CCc2ncn[nH]2)C[C@H](COc2ccccc2)O1. The van der Waals surface area contributed by atoms with Gasteiger partial charge in [0, 0.05) is 19.4 Å². The molecule has 7 heteroatoms. The summed E-state index contributed by atoms with van der Waals surface area (Å²) in [5, 5.41) is 6.59. The van der Waals surface area contributed by atoms with E-state index in [2.05, 4.69) is 15.2 Å². The summed E-state index contributed by atoms with van der Waals surface area (Å²) < 4.78 is 11.9. The van der Waals surface area contributed by atoms with Crippen molar-refractivity contribution in [2.45, 2.75) is 38.4 Å². The Labute approximate surface area is 147 Å². The molecule has 1 atom stereocenters. The van der Waals surface area contributed by atoms with E-state index in [-0.39, 0.29) is 12.0 Å². The number of rotatable bonds is 6. The van der Waals surface area contributed by atoms with Crippen LogP contribution >= 0.6 is 0 Å². The van der Waals surface area contributed by atoms with E-state index in [1.165, 1.54) is 6.33 Å². The molecule has 25 heavy (non-hydrogen) atoms. The second-order valence-corrected chi connectivity index (χ2v) is 6.83. The maximum atomic E-state index is 12.6. The first kappa shape index (κ1) is 17.4. The highest BCUT2D eigenvalue weighted by Crippen LogP contribution is 2.22. The number of ether oxygens (including phenoxy) is 2. The zero-order chi connectivity index (χ0) is 17.7. The highest BCUT2D eigenvalue weighted by Gasteiger charge is 2.35. The van der Waals surface area contributed by atoms with E-state index in [9.17, 15) is 4.79 Å². The number of H-pyrrole nitrogens is 1. The number of morpholine rings is 1. The van der Waals surface area contributed by atoms with Crippen molar-refractivity contribution >= 4 is 5.91 Å². The van der Waals surface area contributed by atoms with Gasteiger partial charge in [0.1, 0.15) is 30.6 Å². The molecule has 0 radical (unpaired) electrons. The molecule has 1 aromatic carbocycles. The third kappa shape index (κ3) is 5.03. The van der Waals surface area contributed by atoms with E-state index in [0.717, 1.165) is 11.6 Å². The minimum absolute atomic E-state index is 0.0949. The Morgan fingerprint density at radius 3 is 2.92 bits per heavy atom. The maximum Gasteiger partial charge on any atom is 0.223 e. The summed E-state index contributed by atoms with van der Waals surface area (Å²) in [7, 11) is 0. The number of hydrogen-bond acceptors (Lipinski definition) is 5. The number of aryl methyl sites for hydroxylation is 1. The Bertz CT molecular complexity index is 673. The molecule has 2 aromatic rings. The number of amides is 1. The summed E-state index contributed by atoms with van der Waals surface area (Å²) in [5.74, 6) is 1.62. The molecule has 1 aliphatic heterocycles. The molecule has 0 saturated carbocycles. The fourth-order valence-electron chi connectivity index (χ4n) is 3.01. The Morgan fingerprint density at radius 2 is 2.20 bits per heavy atom. The van der Waals surface area contributed by atoms with E-state index < -0.39 is 5.60 Å². The van der Waals surface area contributed by atoms with Crippen molar-refractivity contribution in [3.63, 3.8) is 0 Å². The smallest absolute Gasteiger partial charge is 0.223 e.